The van der Waals surface area contributed by atoms with E-state index in [1.807, 2.05) is 38.1 Å². The summed E-state index contributed by atoms with van der Waals surface area (Å²) in [5.41, 5.74) is 2.05. The molecule has 0 radical (unpaired) electrons. The van der Waals surface area contributed by atoms with Crippen LogP contribution in [0.2, 0.25) is 0 Å². The maximum atomic E-state index is 11.5. The molecule has 0 fully saturated rings. The van der Waals surface area contributed by atoms with E-state index in [-0.39, 0.29) is 5.78 Å². The maximum absolute atomic E-state index is 11.5. The maximum Gasteiger partial charge on any atom is 0.159 e. The van der Waals surface area contributed by atoms with Crippen LogP contribution in [0.15, 0.2) is 48.5 Å². The van der Waals surface area contributed by atoms with Gasteiger partial charge in [0.25, 0.3) is 0 Å². The predicted molar refractivity (Wildman–Crippen MR) is 87.5 cm³/mol. The average molecular weight is 264 g/mol. The Bertz CT molecular complexity index is 769. The topological polar surface area (TPSA) is 17.1 Å². The lowest BCUT2D eigenvalue weighted by atomic mass is 9.96. The molecule has 0 N–H and O–H groups in total. The Hall–Kier alpha value is -2.15. The van der Waals surface area contributed by atoms with Gasteiger partial charge in [0, 0.05) is 5.56 Å². The van der Waals surface area contributed by atoms with Crippen LogP contribution in [0.4, 0.5) is 0 Å². The molecule has 0 unspecified atom stereocenters. The summed E-state index contributed by atoms with van der Waals surface area (Å²) in [6.45, 7) is 7.73. The van der Waals surface area contributed by atoms with Crippen molar-refractivity contribution >= 4 is 27.3 Å². The third-order valence-electron chi connectivity index (χ3n) is 3.47. The van der Waals surface area contributed by atoms with E-state index in [9.17, 15) is 4.79 Å². The van der Waals surface area contributed by atoms with Crippen LogP contribution in [-0.2, 0) is 0 Å². The smallest absolute Gasteiger partial charge is 0.159 e. The van der Waals surface area contributed by atoms with E-state index >= 15 is 0 Å². The number of ketones is 1. The van der Waals surface area contributed by atoms with Gasteiger partial charge in [-0.15, -0.1) is 0 Å². The van der Waals surface area contributed by atoms with Gasteiger partial charge in [-0.25, -0.2) is 0 Å². The highest BCUT2D eigenvalue weighted by Gasteiger charge is 2.06. The first-order valence-corrected chi connectivity index (χ1v) is 7.10. The lowest BCUT2D eigenvalue weighted by Gasteiger charge is -2.08. The first-order valence-electron chi connectivity index (χ1n) is 7.10. The zero-order valence-electron chi connectivity index (χ0n) is 12.5. The lowest BCUT2D eigenvalue weighted by molar-refractivity contribution is 0.101. The number of carbonyl (C=O) groups is 1. The predicted octanol–water partition coefficient (Wildman–Crippen LogP) is 5.53. The molecule has 0 saturated heterocycles. The molecule has 0 aliphatic rings. The number of hydrogen-bond acceptors (Lipinski definition) is 1. The minimum atomic E-state index is 0.113. The summed E-state index contributed by atoms with van der Waals surface area (Å²) in [6.07, 6.45) is 0. The number of Topliss-reactive ketones (excluding diaryl/α,β-unsaturated/α-hetero) is 1. The first-order chi connectivity index (χ1) is 9.66. The van der Waals surface area contributed by atoms with Gasteiger partial charge in [0.2, 0.25) is 0 Å². The minimum absolute atomic E-state index is 0.113. The molecular weight excluding hydrogens is 244 g/mol. The van der Waals surface area contributed by atoms with E-state index in [4.69, 9.17) is 0 Å². The summed E-state index contributed by atoms with van der Waals surface area (Å²) in [5, 5.41) is 4.82. The Labute approximate surface area is 120 Å². The molecule has 3 aromatic carbocycles. The Morgan fingerprint density at radius 2 is 1.50 bits per heavy atom. The van der Waals surface area contributed by atoms with Crippen LogP contribution in [0.1, 0.15) is 36.7 Å². The Kier molecular flexibility index (Phi) is 4.19. The van der Waals surface area contributed by atoms with Crippen molar-refractivity contribution in [2.45, 2.75) is 27.7 Å². The van der Waals surface area contributed by atoms with Gasteiger partial charge in [-0.3, -0.25) is 4.79 Å². The van der Waals surface area contributed by atoms with Crippen LogP contribution in [0.25, 0.3) is 21.5 Å². The molecule has 3 rings (SSSR count). The molecule has 0 atom stereocenters. The number of hydrogen-bond donors (Lipinski definition) is 0. The average Bonchev–Trinajstić information content (AvgIpc) is 2.49. The van der Waals surface area contributed by atoms with Gasteiger partial charge >= 0.3 is 0 Å². The highest BCUT2D eigenvalue weighted by Crippen LogP contribution is 2.29. The Morgan fingerprint density at radius 3 is 2.15 bits per heavy atom. The molecule has 3 aromatic rings. The fourth-order valence-electron chi connectivity index (χ4n) is 2.51. The highest BCUT2D eigenvalue weighted by atomic mass is 16.1. The molecule has 0 aromatic heterocycles. The SMILES string of the molecule is CC.CC(=O)c1ccc2cc(C)c3ccccc3c2c1. The zero-order valence-corrected chi connectivity index (χ0v) is 12.5. The molecule has 20 heavy (non-hydrogen) atoms. The van der Waals surface area contributed by atoms with E-state index in [2.05, 4.69) is 31.2 Å². The van der Waals surface area contributed by atoms with Crippen molar-refractivity contribution in [3.8, 4) is 0 Å². The summed E-state index contributed by atoms with van der Waals surface area (Å²) in [7, 11) is 0. The molecular formula is C19H20O. The van der Waals surface area contributed by atoms with Gasteiger partial charge in [0.1, 0.15) is 0 Å². The van der Waals surface area contributed by atoms with E-state index in [0.717, 1.165) is 10.9 Å². The molecule has 0 saturated carbocycles. The minimum Gasteiger partial charge on any atom is -0.295 e. The molecule has 1 nitrogen and oxygen atoms in total. The molecule has 0 aliphatic heterocycles. The van der Waals surface area contributed by atoms with Crippen molar-refractivity contribution in [2.24, 2.45) is 0 Å². The third-order valence-corrected chi connectivity index (χ3v) is 3.47. The van der Waals surface area contributed by atoms with Crippen molar-refractivity contribution in [1.82, 2.24) is 0 Å². The van der Waals surface area contributed by atoms with Gasteiger partial charge in [-0.2, -0.15) is 0 Å². The fourth-order valence-corrected chi connectivity index (χ4v) is 2.51. The summed E-state index contributed by atoms with van der Waals surface area (Å²) >= 11 is 0. The molecule has 0 amide bonds. The standard InChI is InChI=1S/C17H14O.C2H6/c1-11-9-14-8-7-13(12(2)18)10-17(14)16-6-4-3-5-15(11)16;1-2/h3-10H,1-2H3;1-2H3. The Morgan fingerprint density at radius 1 is 0.850 bits per heavy atom. The van der Waals surface area contributed by atoms with Gasteiger partial charge in [0.15, 0.2) is 5.78 Å². The van der Waals surface area contributed by atoms with Gasteiger partial charge < -0.3 is 0 Å². The highest BCUT2D eigenvalue weighted by molar-refractivity contribution is 6.11. The van der Waals surface area contributed by atoms with E-state index in [1.54, 1.807) is 6.92 Å². The van der Waals surface area contributed by atoms with Crippen molar-refractivity contribution in [3.63, 3.8) is 0 Å². The molecule has 1 heteroatoms. The van der Waals surface area contributed by atoms with Crippen molar-refractivity contribution in [2.75, 3.05) is 0 Å². The van der Waals surface area contributed by atoms with Crippen molar-refractivity contribution < 1.29 is 4.79 Å². The molecule has 0 spiro atoms. The summed E-state index contributed by atoms with van der Waals surface area (Å²) in [5.74, 6) is 0.113. The number of aryl methyl sites for hydroxylation is 1. The monoisotopic (exact) mass is 264 g/mol. The van der Waals surface area contributed by atoms with Gasteiger partial charge in [-0.1, -0.05) is 56.3 Å². The molecule has 102 valence electrons. The lowest BCUT2D eigenvalue weighted by Crippen LogP contribution is -1.92. The van der Waals surface area contributed by atoms with Crippen LogP contribution >= 0.6 is 0 Å². The second-order valence-corrected chi connectivity index (χ2v) is 4.73. The van der Waals surface area contributed by atoms with E-state index in [0.29, 0.717) is 0 Å². The van der Waals surface area contributed by atoms with Gasteiger partial charge in [0.05, 0.1) is 0 Å². The molecule has 0 heterocycles. The van der Waals surface area contributed by atoms with Crippen LogP contribution < -0.4 is 0 Å². The normalized spacial score (nSPS) is 10.2. The number of fused-ring (bicyclic) bond motifs is 3. The largest absolute Gasteiger partial charge is 0.295 e. The quantitative estimate of drug-likeness (QED) is 0.417. The van der Waals surface area contributed by atoms with E-state index < -0.39 is 0 Å². The number of rotatable bonds is 1. The summed E-state index contributed by atoms with van der Waals surface area (Å²) in [4.78, 5) is 11.5. The Balaban J connectivity index is 0.000000704. The summed E-state index contributed by atoms with van der Waals surface area (Å²) in [6, 6.07) is 16.5. The van der Waals surface area contributed by atoms with Gasteiger partial charge in [-0.05, 0) is 47.0 Å². The second kappa shape index (κ2) is 5.87. The van der Waals surface area contributed by atoms with Crippen molar-refractivity contribution in [1.29, 1.82) is 0 Å². The number of benzene rings is 3. The van der Waals surface area contributed by atoms with Crippen LogP contribution in [0.5, 0.6) is 0 Å². The molecule has 0 aliphatic carbocycles. The van der Waals surface area contributed by atoms with Crippen LogP contribution in [-0.4, -0.2) is 5.78 Å². The summed E-state index contributed by atoms with van der Waals surface area (Å²) < 4.78 is 0. The van der Waals surface area contributed by atoms with Crippen LogP contribution in [0.3, 0.4) is 0 Å². The van der Waals surface area contributed by atoms with E-state index in [1.165, 1.54) is 21.7 Å². The first kappa shape index (κ1) is 14.3. The number of carbonyl (C=O) groups excluding carboxylic acids is 1. The second-order valence-electron chi connectivity index (χ2n) is 4.73. The van der Waals surface area contributed by atoms with Crippen molar-refractivity contribution in [3.05, 3.63) is 59.7 Å². The fraction of sp³-hybridized carbons (Fsp3) is 0.211. The third kappa shape index (κ3) is 2.44. The zero-order chi connectivity index (χ0) is 14.7. The van der Waals surface area contributed by atoms with Crippen LogP contribution in [0, 0.1) is 6.92 Å². The molecule has 0 bridgehead atoms.